The molecule has 1 N–H and O–H groups in total. The summed E-state index contributed by atoms with van der Waals surface area (Å²) in [5.74, 6) is -1.58. The Balaban J connectivity index is 1.49. The normalized spacial score (nSPS) is 14.5. The fourth-order valence-corrected chi connectivity index (χ4v) is 4.07. The number of anilines is 1. The minimum atomic E-state index is -4.97. The Morgan fingerprint density at radius 2 is 1.89 bits per heavy atom. The number of rotatable bonds is 8. The number of carbonyl (C=O) groups excluding carboxylic acids is 2. The van der Waals surface area contributed by atoms with Crippen molar-refractivity contribution in [2.75, 3.05) is 38.2 Å². The summed E-state index contributed by atoms with van der Waals surface area (Å²) in [6.45, 7) is 1.94. The largest absolute Gasteiger partial charge is 0.573 e. The molecule has 1 aliphatic rings. The summed E-state index contributed by atoms with van der Waals surface area (Å²) in [5.41, 5.74) is 0.467. The van der Waals surface area contributed by atoms with Crippen LogP contribution in [0.15, 0.2) is 36.9 Å². The van der Waals surface area contributed by atoms with Gasteiger partial charge in [0.25, 0.3) is 0 Å². The van der Waals surface area contributed by atoms with Crippen molar-refractivity contribution < 1.29 is 32.2 Å². The van der Waals surface area contributed by atoms with Gasteiger partial charge in [0.05, 0.1) is 31.9 Å². The number of nitrogens with zero attached hydrogens (tertiary/aromatic N) is 5. The summed E-state index contributed by atoms with van der Waals surface area (Å²) in [5, 5.41) is 11.4. The highest BCUT2D eigenvalue weighted by molar-refractivity contribution is 7.14. The molecule has 3 heterocycles. The SMILES string of the molecule is O=C(CN1CCOCC1)Nc1cc(C(=O)Cc2nnc(-c3cncnc3)s2)ccc1OC(F)(F)F. The summed E-state index contributed by atoms with van der Waals surface area (Å²) in [7, 11) is 0. The summed E-state index contributed by atoms with van der Waals surface area (Å²) >= 11 is 1.17. The molecule has 0 saturated carbocycles. The number of ketones is 1. The summed E-state index contributed by atoms with van der Waals surface area (Å²) < 4.78 is 47.9. The molecule has 184 valence electrons. The van der Waals surface area contributed by atoms with Crippen molar-refractivity contribution in [1.82, 2.24) is 25.1 Å². The Hall–Kier alpha value is -3.49. The molecule has 1 saturated heterocycles. The molecule has 2 aromatic heterocycles. The average molecular weight is 508 g/mol. The second-order valence-electron chi connectivity index (χ2n) is 7.42. The zero-order valence-corrected chi connectivity index (χ0v) is 18.9. The van der Waals surface area contributed by atoms with Crippen molar-refractivity contribution in [3.8, 4) is 16.3 Å². The number of carbonyl (C=O) groups is 2. The maximum atomic E-state index is 12.9. The molecule has 0 spiro atoms. The zero-order valence-electron chi connectivity index (χ0n) is 18.1. The van der Waals surface area contributed by atoms with Crippen molar-refractivity contribution in [1.29, 1.82) is 0 Å². The van der Waals surface area contributed by atoms with Crippen molar-refractivity contribution in [2.24, 2.45) is 0 Å². The molecule has 0 bridgehead atoms. The van der Waals surface area contributed by atoms with Gasteiger partial charge in [0, 0.05) is 36.6 Å². The Morgan fingerprint density at radius 3 is 2.60 bits per heavy atom. The maximum Gasteiger partial charge on any atom is 0.573 e. The van der Waals surface area contributed by atoms with Crippen LogP contribution in [0.25, 0.3) is 10.6 Å². The van der Waals surface area contributed by atoms with Crippen LogP contribution < -0.4 is 10.1 Å². The Morgan fingerprint density at radius 1 is 1.14 bits per heavy atom. The third-order valence-electron chi connectivity index (χ3n) is 4.86. The van der Waals surface area contributed by atoms with Crippen LogP contribution in [-0.2, 0) is 16.0 Å². The van der Waals surface area contributed by atoms with Gasteiger partial charge in [-0.3, -0.25) is 14.5 Å². The van der Waals surface area contributed by atoms with Crippen LogP contribution >= 0.6 is 11.3 Å². The van der Waals surface area contributed by atoms with Crippen molar-refractivity contribution >= 4 is 28.7 Å². The Labute approximate surface area is 201 Å². The summed E-state index contributed by atoms with van der Waals surface area (Å²) in [4.78, 5) is 34.9. The fourth-order valence-electron chi connectivity index (χ4n) is 3.26. The molecular formula is C21H19F3N6O4S. The minimum absolute atomic E-state index is 0.0379. The van der Waals surface area contributed by atoms with Gasteiger partial charge in [-0.2, -0.15) is 0 Å². The van der Waals surface area contributed by atoms with E-state index in [9.17, 15) is 22.8 Å². The van der Waals surface area contributed by atoms with Crippen LogP contribution in [0.5, 0.6) is 5.75 Å². The molecule has 0 radical (unpaired) electrons. The van der Waals surface area contributed by atoms with Crippen LogP contribution in [0, 0.1) is 0 Å². The van der Waals surface area contributed by atoms with Crippen molar-refractivity contribution in [3.63, 3.8) is 0 Å². The van der Waals surface area contributed by atoms with E-state index in [-0.39, 0.29) is 24.2 Å². The van der Waals surface area contributed by atoms with E-state index >= 15 is 0 Å². The third-order valence-corrected chi connectivity index (χ3v) is 5.83. The number of amides is 1. The van der Waals surface area contributed by atoms with E-state index in [4.69, 9.17) is 4.74 Å². The molecule has 0 aliphatic carbocycles. The first-order valence-corrected chi connectivity index (χ1v) is 11.2. The summed E-state index contributed by atoms with van der Waals surface area (Å²) in [6.07, 6.45) is -0.613. The molecular weight excluding hydrogens is 489 g/mol. The number of hydrogen-bond donors (Lipinski definition) is 1. The standard InChI is InChI=1S/C21H19F3N6O4S/c22-21(23,24)34-17-2-1-13(7-15(17)27-18(32)11-30-3-5-33-6-4-30)16(31)8-19-28-29-20(35-19)14-9-25-12-26-10-14/h1-2,7,9-10,12H,3-6,8,11H2,(H,27,32). The predicted octanol–water partition coefficient (Wildman–Crippen LogP) is 2.59. The second kappa shape index (κ2) is 10.8. The molecule has 35 heavy (non-hydrogen) atoms. The van der Waals surface area contributed by atoms with Gasteiger partial charge in [0.15, 0.2) is 16.5 Å². The molecule has 1 amide bonds. The van der Waals surface area contributed by atoms with Gasteiger partial charge in [0.1, 0.15) is 11.3 Å². The van der Waals surface area contributed by atoms with Crippen LogP contribution in [0.4, 0.5) is 18.9 Å². The molecule has 3 aromatic rings. The number of benzene rings is 1. The monoisotopic (exact) mass is 508 g/mol. The van der Waals surface area contributed by atoms with Gasteiger partial charge in [-0.05, 0) is 18.2 Å². The lowest BCUT2D eigenvalue weighted by atomic mass is 10.1. The third kappa shape index (κ3) is 7.00. The lowest BCUT2D eigenvalue weighted by Gasteiger charge is -2.26. The number of ether oxygens (including phenoxy) is 2. The van der Waals surface area contributed by atoms with E-state index in [2.05, 4.69) is 30.2 Å². The minimum Gasteiger partial charge on any atom is -0.404 e. The lowest BCUT2D eigenvalue weighted by molar-refractivity contribution is -0.274. The molecule has 0 atom stereocenters. The zero-order chi connectivity index (χ0) is 24.8. The van der Waals surface area contributed by atoms with Crippen LogP contribution in [0.3, 0.4) is 0 Å². The first-order valence-electron chi connectivity index (χ1n) is 10.4. The molecule has 10 nitrogen and oxygen atoms in total. The Kier molecular flexibility index (Phi) is 7.63. The van der Waals surface area contributed by atoms with Gasteiger partial charge in [0.2, 0.25) is 5.91 Å². The van der Waals surface area contributed by atoms with Crippen molar-refractivity contribution in [3.05, 3.63) is 47.5 Å². The summed E-state index contributed by atoms with van der Waals surface area (Å²) in [6, 6.07) is 3.36. The van der Waals surface area contributed by atoms with E-state index in [0.29, 0.717) is 41.9 Å². The Bertz CT molecular complexity index is 1190. The molecule has 1 aliphatic heterocycles. The van der Waals surface area contributed by atoms with E-state index in [1.54, 1.807) is 12.4 Å². The van der Waals surface area contributed by atoms with E-state index in [1.165, 1.54) is 23.7 Å². The number of Topliss-reactive ketones (excluding diaryl/α,β-unsaturated/α-hetero) is 1. The topological polar surface area (TPSA) is 119 Å². The maximum absolute atomic E-state index is 12.9. The number of aromatic nitrogens is 4. The predicted molar refractivity (Wildman–Crippen MR) is 118 cm³/mol. The first-order chi connectivity index (χ1) is 16.8. The van der Waals surface area contributed by atoms with Gasteiger partial charge in [-0.25, -0.2) is 9.97 Å². The molecule has 1 aromatic carbocycles. The fraction of sp³-hybridized carbons (Fsp3) is 0.333. The smallest absolute Gasteiger partial charge is 0.404 e. The van der Waals surface area contributed by atoms with Gasteiger partial charge >= 0.3 is 6.36 Å². The van der Waals surface area contributed by atoms with E-state index < -0.39 is 23.8 Å². The van der Waals surface area contributed by atoms with Gasteiger partial charge in [-0.1, -0.05) is 11.3 Å². The second-order valence-corrected chi connectivity index (χ2v) is 8.49. The van der Waals surface area contributed by atoms with E-state index in [1.807, 2.05) is 4.90 Å². The van der Waals surface area contributed by atoms with Crippen LogP contribution in [0.1, 0.15) is 15.4 Å². The van der Waals surface area contributed by atoms with Crippen LogP contribution in [-0.4, -0.2) is 76.0 Å². The molecule has 4 rings (SSSR count). The first kappa shape index (κ1) is 24.6. The molecule has 1 fully saturated rings. The quantitative estimate of drug-likeness (QED) is 0.458. The molecule has 14 heteroatoms. The van der Waals surface area contributed by atoms with Crippen molar-refractivity contribution in [2.45, 2.75) is 12.8 Å². The highest BCUT2D eigenvalue weighted by Gasteiger charge is 2.32. The van der Waals surface area contributed by atoms with E-state index in [0.717, 1.165) is 12.1 Å². The van der Waals surface area contributed by atoms with Gasteiger partial charge < -0.3 is 14.8 Å². The van der Waals surface area contributed by atoms with Crippen LogP contribution in [0.2, 0.25) is 0 Å². The molecule has 0 unspecified atom stereocenters. The lowest BCUT2D eigenvalue weighted by Crippen LogP contribution is -2.41. The highest BCUT2D eigenvalue weighted by atomic mass is 32.1. The number of alkyl halides is 3. The number of nitrogens with one attached hydrogen (secondary N) is 1. The average Bonchev–Trinajstić information content (AvgIpc) is 3.29. The number of hydrogen-bond acceptors (Lipinski definition) is 10. The number of halogens is 3. The number of morpholine rings is 1. The highest BCUT2D eigenvalue weighted by Crippen LogP contribution is 2.32. The van der Waals surface area contributed by atoms with Gasteiger partial charge in [-0.15, -0.1) is 23.4 Å².